The van der Waals surface area contributed by atoms with Crippen LogP contribution in [0.3, 0.4) is 0 Å². The Balaban J connectivity index is 4.95. The molecule has 0 aromatic heterocycles. The summed E-state index contributed by atoms with van der Waals surface area (Å²) in [6.07, 6.45) is 16.4. The molecule has 0 rings (SSSR count). The largest absolute Gasteiger partial charge is 0.103 e. The van der Waals surface area contributed by atoms with E-state index in [1.54, 1.807) is 5.57 Å². The monoisotopic (exact) mass is 318 g/mol. The molecule has 0 spiro atoms. The highest BCUT2D eigenvalue weighted by Gasteiger charge is 2.21. The molecule has 0 bridgehead atoms. The van der Waals surface area contributed by atoms with E-state index in [1.165, 1.54) is 38.5 Å². The van der Waals surface area contributed by atoms with Crippen LogP contribution >= 0.6 is 0 Å². The molecule has 0 atom stereocenters. The van der Waals surface area contributed by atoms with Crippen molar-refractivity contribution in [2.24, 2.45) is 16.7 Å². The highest BCUT2D eigenvalue weighted by atomic mass is 14.3. The molecule has 0 aromatic rings. The molecule has 0 saturated heterocycles. The summed E-state index contributed by atoms with van der Waals surface area (Å²) in [5.41, 5.74) is 2.34. The van der Waals surface area contributed by atoms with E-state index >= 15 is 0 Å². The zero-order valence-corrected chi connectivity index (χ0v) is 16.9. The maximum absolute atomic E-state index is 3.93. The van der Waals surface area contributed by atoms with Gasteiger partial charge in [-0.25, -0.2) is 0 Å². The molecule has 0 aromatic carbocycles. The van der Waals surface area contributed by atoms with E-state index in [1.807, 2.05) is 0 Å². The van der Waals surface area contributed by atoms with E-state index in [2.05, 4.69) is 72.9 Å². The van der Waals surface area contributed by atoms with Crippen molar-refractivity contribution in [2.75, 3.05) is 0 Å². The molecule has 0 nitrogen and oxygen atoms in total. The standard InChI is InChI=1S/C23H42/c1-9-16-22(5,6)18-15-21(14-13-20(11-3)12-4)19-23(7,8)17-10-2/h9-10,14,20H,1-2,11-13,15-19H2,3-8H3. The van der Waals surface area contributed by atoms with E-state index < -0.39 is 0 Å². The Kier molecular flexibility index (Phi) is 10.5. The lowest BCUT2D eigenvalue weighted by Crippen LogP contribution is -2.14. The highest BCUT2D eigenvalue weighted by molar-refractivity contribution is 5.07. The van der Waals surface area contributed by atoms with Crippen molar-refractivity contribution in [3.63, 3.8) is 0 Å². The Hall–Kier alpha value is -0.780. The van der Waals surface area contributed by atoms with E-state index in [-0.39, 0.29) is 0 Å². The SMILES string of the molecule is C=CCC(C)(C)CCC(=CCC(CC)CC)CC(C)(C)CC=C. The lowest BCUT2D eigenvalue weighted by molar-refractivity contribution is 0.321. The van der Waals surface area contributed by atoms with E-state index in [4.69, 9.17) is 0 Å². The normalized spacial score (nSPS) is 13.4. The van der Waals surface area contributed by atoms with Gasteiger partial charge in [-0.1, -0.05) is 78.2 Å². The minimum absolute atomic E-state index is 0.324. The molecule has 0 heterocycles. The Morgan fingerprint density at radius 3 is 1.91 bits per heavy atom. The summed E-state index contributed by atoms with van der Waals surface area (Å²) in [5.74, 6) is 0.841. The number of allylic oxidation sites excluding steroid dienone is 4. The quantitative estimate of drug-likeness (QED) is 0.301. The first-order valence-electron chi connectivity index (χ1n) is 9.59. The van der Waals surface area contributed by atoms with Gasteiger partial charge in [0, 0.05) is 0 Å². The smallest absolute Gasteiger partial charge is 0.0266 e. The van der Waals surface area contributed by atoms with Crippen LogP contribution in [0, 0.1) is 16.7 Å². The molecular weight excluding hydrogens is 276 g/mol. The van der Waals surface area contributed by atoms with Gasteiger partial charge in [0.15, 0.2) is 0 Å². The van der Waals surface area contributed by atoms with Gasteiger partial charge in [-0.2, -0.15) is 0 Å². The van der Waals surface area contributed by atoms with Gasteiger partial charge in [-0.05, 0) is 55.3 Å². The summed E-state index contributed by atoms with van der Waals surface area (Å²) in [5, 5.41) is 0. The minimum atomic E-state index is 0.324. The van der Waals surface area contributed by atoms with Crippen LogP contribution in [0.1, 0.15) is 92.9 Å². The molecule has 0 aliphatic heterocycles. The predicted molar refractivity (Wildman–Crippen MR) is 108 cm³/mol. The van der Waals surface area contributed by atoms with Crippen LogP contribution in [0.4, 0.5) is 0 Å². The number of hydrogen-bond acceptors (Lipinski definition) is 0. The van der Waals surface area contributed by atoms with Crippen LogP contribution in [-0.2, 0) is 0 Å². The van der Waals surface area contributed by atoms with E-state index in [9.17, 15) is 0 Å². The zero-order valence-electron chi connectivity index (χ0n) is 16.9. The topological polar surface area (TPSA) is 0 Å². The molecule has 0 heteroatoms. The van der Waals surface area contributed by atoms with Crippen molar-refractivity contribution in [1.82, 2.24) is 0 Å². The molecule has 0 N–H and O–H groups in total. The molecular formula is C23H42. The van der Waals surface area contributed by atoms with Crippen LogP contribution in [0.5, 0.6) is 0 Å². The highest BCUT2D eigenvalue weighted by Crippen LogP contribution is 2.35. The molecule has 0 fully saturated rings. The first-order chi connectivity index (χ1) is 10.7. The van der Waals surface area contributed by atoms with Gasteiger partial charge in [0.2, 0.25) is 0 Å². The Morgan fingerprint density at radius 1 is 0.913 bits per heavy atom. The average molecular weight is 319 g/mol. The first kappa shape index (κ1) is 22.2. The fraction of sp³-hybridized carbons (Fsp3) is 0.739. The van der Waals surface area contributed by atoms with E-state index in [0.717, 1.165) is 18.8 Å². The number of rotatable bonds is 13. The molecule has 0 radical (unpaired) electrons. The van der Waals surface area contributed by atoms with Crippen molar-refractivity contribution >= 4 is 0 Å². The number of hydrogen-bond donors (Lipinski definition) is 0. The van der Waals surface area contributed by atoms with E-state index in [0.29, 0.717) is 10.8 Å². The van der Waals surface area contributed by atoms with Gasteiger partial charge < -0.3 is 0 Å². The Bertz CT molecular complexity index is 363. The third-order valence-corrected chi connectivity index (χ3v) is 5.12. The maximum Gasteiger partial charge on any atom is -0.0266 e. The molecule has 0 saturated carbocycles. The van der Waals surface area contributed by atoms with Crippen LogP contribution in [0.2, 0.25) is 0 Å². The summed E-state index contributed by atoms with van der Waals surface area (Å²) in [6.45, 7) is 21.9. The third-order valence-electron chi connectivity index (χ3n) is 5.12. The summed E-state index contributed by atoms with van der Waals surface area (Å²) in [6, 6.07) is 0. The second-order valence-electron chi connectivity index (χ2n) is 8.77. The zero-order chi connectivity index (χ0) is 17.9. The molecule has 0 unspecified atom stereocenters. The lowest BCUT2D eigenvalue weighted by Gasteiger charge is -2.28. The van der Waals surface area contributed by atoms with Gasteiger partial charge in [-0.3, -0.25) is 0 Å². The van der Waals surface area contributed by atoms with Gasteiger partial charge in [-0.15, -0.1) is 13.2 Å². The van der Waals surface area contributed by atoms with Crippen LogP contribution in [0.25, 0.3) is 0 Å². The van der Waals surface area contributed by atoms with Crippen molar-refractivity contribution in [3.8, 4) is 0 Å². The molecule has 0 aliphatic rings. The summed E-state index contributed by atoms with van der Waals surface area (Å²) in [7, 11) is 0. The van der Waals surface area contributed by atoms with Crippen LogP contribution < -0.4 is 0 Å². The second kappa shape index (κ2) is 10.9. The first-order valence-corrected chi connectivity index (χ1v) is 9.59. The van der Waals surface area contributed by atoms with Gasteiger partial charge >= 0.3 is 0 Å². The minimum Gasteiger partial charge on any atom is -0.103 e. The van der Waals surface area contributed by atoms with Crippen LogP contribution in [0.15, 0.2) is 37.0 Å². The van der Waals surface area contributed by atoms with Crippen molar-refractivity contribution in [2.45, 2.75) is 92.9 Å². The Labute approximate surface area is 147 Å². The lowest BCUT2D eigenvalue weighted by atomic mass is 9.77. The van der Waals surface area contributed by atoms with Gasteiger partial charge in [0.05, 0.1) is 0 Å². The second-order valence-corrected chi connectivity index (χ2v) is 8.77. The summed E-state index contributed by atoms with van der Waals surface area (Å²) < 4.78 is 0. The fourth-order valence-electron chi connectivity index (χ4n) is 3.29. The molecule has 0 aliphatic carbocycles. The average Bonchev–Trinajstić information content (AvgIpc) is 2.45. The Morgan fingerprint density at radius 2 is 1.43 bits per heavy atom. The molecule has 23 heavy (non-hydrogen) atoms. The third kappa shape index (κ3) is 10.6. The predicted octanol–water partition coefficient (Wildman–Crippen LogP) is 8.11. The van der Waals surface area contributed by atoms with Crippen molar-refractivity contribution in [1.29, 1.82) is 0 Å². The van der Waals surface area contributed by atoms with Gasteiger partial charge in [0.1, 0.15) is 0 Å². The fourth-order valence-corrected chi connectivity index (χ4v) is 3.29. The summed E-state index contributed by atoms with van der Waals surface area (Å²) in [4.78, 5) is 0. The molecule has 134 valence electrons. The van der Waals surface area contributed by atoms with Crippen molar-refractivity contribution < 1.29 is 0 Å². The molecule has 0 amide bonds. The maximum atomic E-state index is 3.93. The van der Waals surface area contributed by atoms with Crippen LogP contribution in [-0.4, -0.2) is 0 Å². The van der Waals surface area contributed by atoms with Crippen molar-refractivity contribution in [3.05, 3.63) is 37.0 Å². The van der Waals surface area contributed by atoms with Gasteiger partial charge in [0.25, 0.3) is 0 Å². The summed E-state index contributed by atoms with van der Waals surface area (Å²) >= 11 is 0.